The number of rotatable bonds is 18. The number of unbranched alkanes of at least 4 members (excludes halogenated alkanes) is 1. The molecule has 5 rings (SSSR count). The number of ether oxygens (including phenoxy) is 2. The topological polar surface area (TPSA) is 197 Å². The van der Waals surface area contributed by atoms with Crippen LogP contribution in [-0.2, 0) is 26.5 Å². The van der Waals surface area contributed by atoms with Crippen LogP contribution in [0.5, 0.6) is 5.75 Å². The number of anilines is 1. The van der Waals surface area contributed by atoms with Crippen LogP contribution in [0.2, 0.25) is 5.02 Å². The molecule has 0 radical (unpaired) electrons. The van der Waals surface area contributed by atoms with Crippen LogP contribution >= 0.6 is 34.7 Å². The number of hydrogen-bond acceptors (Lipinski definition) is 12. The Morgan fingerprint density at radius 3 is 2.44 bits per heavy atom. The van der Waals surface area contributed by atoms with E-state index in [0.717, 1.165) is 28.2 Å². The number of carbonyl (C=O) groups is 2. The van der Waals surface area contributed by atoms with Gasteiger partial charge in [0.2, 0.25) is 11.6 Å². The molecule has 55 heavy (non-hydrogen) atoms. The average Bonchev–Trinajstić information content (AvgIpc) is 3.68. The normalized spacial score (nSPS) is 11.9. The van der Waals surface area contributed by atoms with Crippen molar-refractivity contribution in [3.63, 3.8) is 0 Å². The maximum atomic E-state index is 13.1. The zero-order valence-corrected chi connectivity index (χ0v) is 32.1. The molecule has 0 saturated carbocycles. The number of nitriles is 1. The molecule has 1 amide bonds. The second-order valence-electron chi connectivity index (χ2n) is 12.2. The molecule has 0 unspecified atom stereocenters. The molecule has 0 aliphatic rings. The molecule has 0 aliphatic heterocycles. The number of nitrogens with one attached hydrogen (secondary N) is 1. The predicted molar refractivity (Wildman–Crippen MR) is 217 cm³/mol. The van der Waals surface area contributed by atoms with Crippen LogP contribution in [0.4, 0.5) is 11.5 Å². The van der Waals surface area contributed by atoms with Crippen LogP contribution in [0.15, 0.2) is 89.3 Å². The molecular formula is C40H39ClN8O4S2. The first-order valence-corrected chi connectivity index (χ1v) is 19.6. The number of carbonyl (C=O) groups excluding carboxylic acids is 2. The summed E-state index contributed by atoms with van der Waals surface area (Å²) in [6, 6.07) is 24.1. The van der Waals surface area contributed by atoms with Crippen LogP contribution in [0, 0.1) is 17.9 Å². The summed E-state index contributed by atoms with van der Waals surface area (Å²) in [6.45, 7) is 8.27. The monoisotopic (exact) mass is 794 g/mol. The first kappa shape index (κ1) is 40.7. The van der Waals surface area contributed by atoms with Gasteiger partial charge in [-0.05, 0) is 54.8 Å². The molecule has 282 valence electrons. The van der Waals surface area contributed by atoms with Gasteiger partial charge in [-0.15, -0.1) is 11.3 Å². The van der Waals surface area contributed by atoms with Crippen molar-refractivity contribution in [1.29, 1.82) is 5.26 Å². The van der Waals surface area contributed by atoms with Gasteiger partial charge in [0.1, 0.15) is 46.9 Å². The molecule has 12 nitrogen and oxygen atoms in total. The zero-order chi connectivity index (χ0) is 39.2. The van der Waals surface area contributed by atoms with Crippen molar-refractivity contribution in [3.8, 4) is 33.5 Å². The van der Waals surface area contributed by atoms with Crippen LogP contribution < -0.4 is 27.3 Å². The number of aromatic nitrogens is 2. The number of nitrogens with zero attached hydrogens (tertiary/aromatic N) is 4. The van der Waals surface area contributed by atoms with E-state index in [9.17, 15) is 14.9 Å². The van der Waals surface area contributed by atoms with E-state index in [0.29, 0.717) is 52.1 Å². The Labute approximate surface area is 332 Å². The summed E-state index contributed by atoms with van der Waals surface area (Å²) in [5.41, 5.74) is 21.7. The maximum Gasteiger partial charge on any atom is 0.329 e. The summed E-state index contributed by atoms with van der Waals surface area (Å²) in [6.07, 6.45) is 2.14. The molecule has 7 N–H and O–H groups in total. The third kappa shape index (κ3) is 11.3. The minimum atomic E-state index is -0.940. The molecule has 2 heterocycles. The Hall–Kier alpha value is -5.48. The molecular weight excluding hydrogens is 756 g/mol. The van der Waals surface area contributed by atoms with E-state index in [1.165, 1.54) is 23.1 Å². The number of esters is 1. The number of benzene rings is 3. The molecule has 0 bridgehead atoms. The van der Waals surface area contributed by atoms with Crippen LogP contribution in [0.25, 0.3) is 26.5 Å². The van der Waals surface area contributed by atoms with Crippen molar-refractivity contribution in [2.24, 2.45) is 11.5 Å². The number of nitrogens with two attached hydrogens (primary N) is 3. The van der Waals surface area contributed by atoms with Gasteiger partial charge in [-0.25, -0.2) is 19.6 Å². The fourth-order valence-electron chi connectivity index (χ4n) is 5.50. The minimum absolute atomic E-state index is 0.0177. The Morgan fingerprint density at radius 1 is 1.02 bits per heavy atom. The van der Waals surface area contributed by atoms with E-state index >= 15 is 0 Å². The van der Waals surface area contributed by atoms with Crippen molar-refractivity contribution in [2.75, 3.05) is 25.5 Å². The van der Waals surface area contributed by atoms with Gasteiger partial charge in [0, 0.05) is 33.7 Å². The van der Waals surface area contributed by atoms with Crippen molar-refractivity contribution in [1.82, 2.24) is 15.3 Å². The maximum absolute atomic E-state index is 13.1. The number of thiazole rings is 1. The lowest BCUT2D eigenvalue weighted by molar-refractivity contribution is -0.148. The van der Waals surface area contributed by atoms with E-state index in [4.69, 9.17) is 49.8 Å². The highest BCUT2D eigenvalue weighted by Gasteiger charge is 2.26. The first-order valence-electron chi connectivity index (χ1n) is 17.3. The minimum Gasteiger partial charge on any atom is -0.490 e. The van der Waals surface area contributed by atoms with Gasteiger partial charge in [-0.1, -0.05) is 84.4 Å². The summed E-state index contributed by atoms with van der Waals surface area (Å²) in [7, 11) is 0. The average molecular weight is 795 g/mol. The molecule has 3 aromatic carbocycles. The smallest absolute Gasteiger partial charge is 0.329 e. The second kappa shape index (κ2) is 20.3. The lowest BCUT2D eigenvalue weighted by Gasteiger charge is -2.20. The second-order valence-corrected chi connectivity index (χ2v) is 14.5. The highest BCUT2D eigenvalue weighted by molar-refractivity contribution is 7.98. The molecule has 0 fully saturated rings. The molecule has 2 atom stereocenters. The Balaban J connectivity index is 1.21. The van der Waals surface area contributed by atoms with Crippen LogP contribution in [0.3, 0.4) is 0 Å². The van der Waals surface area contributed by atoms with Gasteiger partial charge >= 0.3 is 5.97 Å². The summed E-state index contributed by atoms with van der Waals surface area (Å²) >= 11 is 8.84. The standard InChI is InChI=1S/C40H39ClN8O4S2/c1-46-35-34(31(22-43)39(49-36(35)45)55-24-29-23-54-38(47-29)27-10-14-28(41)15-11-27)26-12-16-30(17-13-26)52-19-20-53-40(51)33(21-25-7-3-2-4-8-25)48-37(50)32(44)9-5-6-18-42/h2-4,7-8,10-17,23,32-33H,5-6,9,18-21,24,42,44H2,(H2,45,49)(H,48,50)/t32-,33-/m0/s1. The highest BCUT2D eigenvalue weighted by Crippen LogP contribution is 2.42. The van der Waals surface area contributed by atoms with Crippen molar-refractivity contribution in [2.45, 2.75) is 48.5 Å². The molecule has 0 saturated heterocycles. The van der Waals surface area contributed by atoms with E-state index in [2.05, 4.69) is 21.2 Å². The van der Waals surface area contributed by atoms with Crippen LogP contribution in [0.1, 0.15) is 36.1 Å². The molecule has 5 aromatic rings. The van der Waals surface area contributed by atoms with E-state index in [1.54, 1.807) is 24.3 Å². The van der Waals surface area contributed by atoms with Gasteiger partial charge in [-0.3, -0.25) is 4.79 Å². The fourth-order valence-corrected chi connectivity index (χ4v) is 7.44. The first-order chi connectivity index (χ1) is 26.7. The number of pyridine rings is 1. The lowest BCUT2D eigenvalue weighted by Crippen LogP contribution is -2.50. The molecule has 0 spiro atoms. The van der Waals surface area contributed by atoms with E-state index in [1.807, 2.05) is 60.0 Å². The quantitative estimate of drug-likeness (QED) is 0.0311. The van der Waals surface area contributed by atoms with Crippen molar-refractivity contribution < 1.29 is 19.1 Å². The Kier molecular flexibility index (Phi) is 15.0. The van der Waals surface area contributed by atoms with Gasteiger partial charge in [0.25, 0.3) is 0 Å². The third-order valence-corrected chi connectivity index (χ3v) is 10.5. The number of amides is 1. The predicted octanol–water partition coefficient (Wildman–Crippen LogP) is 6.93. The largest absolute Gasteiger partial charge is 0.490 e. The zero-order valence-electron chi connectivity index (χ0n) is 29.7. The summed E-state index contributed by atoms with van der Waals surface area (Å²) in [5.74, 6) is -0.124. The summed E-state index contributed by atoms with van der Waals surface area (Å²) in [5, 5.41) is 16.8. The lowest BCUT2D eigenvalue weighted by atomic mass is 10.00. The van der Waals surface area contributed by atoms with E-state index < -0.39 is 24.0 Å². The van der Waals surface area contributed by atoms with Gasteiger partial charge in [0.05, 0.1) is 23.9 Å². The Bertz CT molecular complexity index is 2150. The SMILES string of the molecule is [C-]#[N+]c1c(N)nc(SCc2csc(-c3ccc(Cl)cc3)n2)c(C#N)c1-c1ccc(OCCOC(=O)[C@H](Cc2ccccc2)NC(=O)[C@@H](N)CCCCN)cc1. The van der Waals surface area contributed by atoms with Gasteiger partial charge in [-0.2, -0.15) is 5.26 Å². The number of halogens is 1. The Morgan fingerprint density at radius 2 is 1.75 bits per heavy atom. The summed E-state index contributed by atoms with van der Waals surface area (Å²) in [4.78, 5) is 38.7. The molecule has 2 aromatic heterocycles. The van der Waals surface area contributed by atoms with Crippen molar-refractivity contribution in [3.05, 3.63) is 118 Å². The fraction of sp³-hybridized carbons (Fsp3) is 0.250. The van der Waals surface area contributed by atoms with Crippen LogP contribution in [-0.4, -0.2) is 53.7 Å². The van der Waals surface area contributed by atoms with Gasteiger partial charge < -0.3 is 32.0 Å². The number of hydrogen-bond donors (Lipinski definition) is 4. The molecule has 0 aliphatic carbocycles. The molecule has 15 heteroatoms. The number of thioether (sulfide) groups is 1. The van der Waals surface area contributed by atoms with E-state index in [-0.39, 0.29) is 36.7 Å². The van der Waals surface area contributed by atoms with Gasteiger partial charge in [0.15, 0.2) is 0 Å². The summed E-state index contributed by atoms with van der Waals surface area (Å²) < 4.78 is 11.3. The third-order valence-electron chi connectivity index (χ3n) is 8.32. The number of nitrogen functional groups attached to an aromatic ring is 1. The van der Waals surface area contributed by atoms with Crippen molar-refractivity contribution >= 4 is 58.1 Å². The highest BCUT2D eigenvalue weighted by atomic mass is 35.5.